The first-order valence-corrected chi connectivity index (χ1v) is 8.39. The average molecular weight is 312 g/mol. The minimum Gasteiger partial charge on any atom is -0.379 e. The Labute approximate surface area is 134 Å². The minimum absolute atomic E-state index is 0.0256. The molecule has 1 atom stereocenters. The van der Waals surface area contributed by atoms with Crippen molar-refractivity contribution in [2.75, 3.05) is 66.6 Å². The number of nitrogens with zero attached hydrogens (tertiary/aromatic N) is 3. The molecule has 1 N–H and O–H groups in total. The van der Waals surface area contributed by atoms with Gasteiger partial charge < -0.3 is 19.9 Å². The summed E-state index contributed by atoms with van der Waals surface area (Å²) in [7, 11) is 4.18. The van der Waals surface area contributed by atoms with Gasteiger partial charge in [0.2, 0.25) is 0 Å². The van der Waals surface area contributed by atoms with Gasteiger partial charge in [0.1, 0.15) is 0 Å². The van der Waals surface area contributed by atoms with Crippen LogP contribution in [0.25, 0.3) is 0 Å². The van der Waals surface area contributed by atoms with E-state index in [2.05, 4.69) is 43.1 Å². The molecule has 2 fully saturated rings. The molecule has 0 radical (unpaired) electrons. The van der Waals surface area contributed by atoms with E-state index in [-0.39, 0.29) is 11.6 Å². The van der Waals surface area contributed by atoms with Crippen LogP contribution in [0.3, 0.4) is 0 Å². The van der Waals surface area contributed by atoms with Crippen LogP contribution in [0.15, 0.2) is 0 Å². The fourth-order valence-electron chi connectivity index (χ4n) is 3.37. The number of carbonyl (C=O) groups is 1. The second kappa shape index (κ2) is 7.62. The van der Waals surface area contributed by atoms with Gasteiger partial charge in [0.05, 0.1) is 13.2 Å². The van der Waals surface area contributed by atoms with Crippen molar-refractivity contribution < 1.29 is 9.53 Å². The zero-order valence-corrected chi connectivity index (χ0v) is 14.6. The Hall–Kier alpha value is -0.850. The van der Waals surface area contributed by atoms with Crippen molar-refractivity contribution in [2.45, 2.75) is 25.8 Å². The molecule has 2 rings (SSSR count). The van der Waals surface area contributed by atoms with Crippen LogP contribution in [0.5, 0.6) is 0 Å². The summed E-state index contributed by atoms with van der Waals surface area (Å²) < 4.78 is 5.40. The summed E-state index contributed by atoms with van der Waals surface area (Å²) in [4.78, 5) is 18.9. The SMILES string of the molecule is CN(C)C[C@@H]1CCN(C(=O)NCC(C)(C)N2CCOCC2)C1. The smallest absolute Gasteiger partial charge is 0.317 e. The van der Waals surface area contributed by atoms with Gasteiger partial charge in [-0.15, -0.1) is 0 Å². The third-order valence-corrected chi connectivity index (χ3v) is 4.74. The molecule has 6 heteroatoms. The molecule has 2 heterocycles. The van der Waals surface area contributed by atoms with Crippen molar-refractivity contribution in [1.82, 2.24) is 20.0 Å². The normalized spacial score (nSPS) is 24.0. The molecule has 6 nitrogen and oxygen atoms in total. The Kier molecular flexibility index (Phi) is 6.06. The third kappa shape index (κ3) is 4.83. The van der Waals surface area contributed by atoms with E-state index < -0.39 is 0 Å². The number of ether oxygens (including phenoxy) is 1. The molecule has 2 aliphatic heterocycles. The Morgan fingerprint density at radius 1 is 1.27 bits per heavy atom. The molecular formula is C16H32N4O2. The van der Waals surface area contributed by atoms with E-state index in [1.807, 2.05) is 4.90 Å². The molecule has 0 saturated carbocycles. The summed E-state index contributed by atoms with van der Waals surface area (Å²) in [6.07, 6.45) is 1.11. The van der Waals surface area contributed by atoms with Crippen LogP contribution in [0.2, 0.25) is 0 Å². The fourth-order valence-corrected chi connectivity index (χ4v) is 3.37. The molecule has 0 aromatic carbocycles. The summed E-state index contributed by atoms with van der Waals surface area (Å²) in [5, 5.41) is 3.13. The highest BCUT2D eigenvalue weighted by Gasteiger charge is 2.31. The first-order valence-electron chi connectivity index (χ1n) is 8.39. The monoisotopic (exact) mass is 312 g/mol. The molecule has 0 spiro atoms. The molecule has 2 aliphatic rings. The predicted octanol–water partition coefficient (Wildman–Crippen LogP) is 0.690. The lowest BCUT2D eigenvalue weighted by Gasteiger charge is -2.41. The van der Waals surface area contributed by atoms with Crippen molar-refractivity contribution >= 4 is 6.03 Å². The molecule has 0 unspecified atom stereocenters. The number of carbonyl (C=O) groups excluding carboxylic acids is 1. The van der Waals surface area contributed by atoms with Crippen LogP contribution in [0.1, 0.15) is 20.3 Å². The molecule has 0 aromatic rings. The van der Waals surface area contributed by atoms with Gasteiger partial charge in [-0.3, -0.25) is 4.90 Å². The second-order valence-electron chi connectivity index (χ2n) is 7.43. The first kappa shape index (κ1) is 17.5. The fraction of sp³-hybridized carbons (Fsp3) is 0.938. The maximum atomic E-state index is 12.4. The molecule has 2 amide bonds. The van der Waals surface area contributed by atoms with Crippen molar-refractivity contribution in [1.29, 1.82) is 0 Å². The van der Waals surface area contributed by atoms with Crippen LogP contribution < -0.4 is 5.32 Å². The number of hydrogen-bond donors (Lipinski definition) is 1. The van der Waals surface area contributed by atoms with Crippen LogP contribution in [-0.2, 0) is 4.74 Å². The predicted molar refractivity (Wildman–Crippen MR) is 88.1 cm³/mol. The first-order chi connectivity index (χ1) is 10.4. The van der Waals surface area contributed by atoms with Gasteiger partial charge in [-0.05, 0) is 40.3 Å². The molecular weight excluding hydrogens is 280 g/mol. The van der Waals surface area contributed by atoms with Crippen LogP contribution >= 0.6 is 0 Å². The van der Waals surface area contributed by atoms with E-state index in [1.54, 1.807) is 0 Å². The van der Waals surface area contributed by atoms with Gasteiger partial charge in [0, 0.05) is 44.8 Å². The van der Waals surface area contributed by atoms with Gasteiger partial charge in [-0.2, -0.15) is 0 Å². The van der Waals surface area contributed by atoms with Gasteiger partial charge in [0.25, 0.3) is 0 Å². The number of nitrogens with one attached hydrogen (secondary N) is 1. The van der Waals surface area contributed by atoms with Gasteiger partial charge >= 0.3 is 6.03 Å². The third-order valence-electron chi connectivity index (χ3n) is 4.74. The van der Waals surface area contributed by atoms with E-state index >= 15 is 0 Å². The lowest BCUT2D eigenvalue weighted by atomic mass is 10.0. The summed E-state index contributed by atoms with van der Waals surface area (Å²) in [5.74, 6) is 0.605. The van der Waals surface area contributed by atoms with Crippen molar-refractivity contribution in [3.8, 4) is 0 Å². The number of likely N-dealkylation sites (tertiary alicyclic amines) is 1. The maximum absolute atomic E-state index is 12.4. The van der Waals surface area contributed by atoms with E-state index in [4.69, 9.17) is 4.74 Å². The zero-order chi connectivity index (χ0) is 16.2. The van der Waals surface area contributed by atoms with Gasteiger partial charge in [0.15, 0.2) is 0 Å². The molecule has 2 saturated heterocycles. The van der Waals surface area contributed by atoms with Crippen molar-refractivity contribution in [2.24, 2.45) is 5.92 Å². The largest absolute Gasteiger partial charge is 0.379 e. The summed E-state index contributed by atoms with van der Waals surface area (Å²) in [6, 6.07) is 0.0857. The quantitative estimate of drug-likeness (QED) is 0.811. The lowest BCUT2D eigenvalue weighted by Crippen LogP contribution is -2.56. The lowest BCUT2D eigenvalue weighted by molar-refractivity contribution is -0.00900. The topological polar surface area (TPSA) is 48.0 Å². The Morgan fingerprint density at radius 3 is 2.59 bits per heavy atom. The standard InChI is InChI=1S/C16H32N4O2/c1-16(2,20-7-9-22-10-8-20)13-17-15(21)19-6-5-14(12-19)11-18(3)4/h14H,5-13H2,1-4H3,(H,17,21)/t14-/m0/s1. The summed E-state index contributed by atoms with van der Waals surface area (Å²) in [6.45, 7) is 11.3. The van der Waals surface area contributed by atoms with Gasteiger partial charge in [-0.1, -0.05) is 0 Å². The maximum Gasteiger partial charge on any atom is 0.317 e. The Bertz CT molecular complexity index is 367. The number of morpholine rings is 1. The highest BCUT2D eigenvalue weighted by atomic mass is 16.5. The van der Waals surface area contributed by atoms with Crippen LogP contribution in [0.4, 0.5) is 4.79 Å². The van der Waals surface area contributed by atoms with Crippen LogP contribution in [0, 0.1) is 5.92 Å². The molecule has 22 heavy (non-hydrogen) atoms. The number of amides is 2. The summed E-state index contributed by atoms with van der Waals surface area (Å²) in [5.41, 5.74) is -0.0256. The summed E-state index contributed by atoms with van der Waals surface area (Å²) >= 11 is 0. The second-order valence-corrected chi connectivity index (χ2v) is 7.43. The molecule has 128 valence electrons. The van der Waals surface area contributed by atoms with E-state index in [0.29, 0.717) is 12.5 Å². The van der Waals surface area contributed by atoms with E-state index in [0.717, 1.165) is 52.4 Å². The number of rotatable bonds is 5. The van der Waals surface area contributed by atoms with Crippen molar-refractivity contribution in [3.63, 3.8) is 0 Å². The minimum atomic E-state index is -0.0256. The average Bonchev–Trinajstić information content (AvgIpc) is 2.93. The molecule has 0 aromatic heterocycles. The highest BCUT2D eigenvalue weighted by molar-refractivity contribution is 5.74. The van der Waals surface area contributed by atoms with Crippen LogP contribution in [-0.4, -0.2) is 92.8 Å². The number of urea groups is 1. The molecule has 0 aliphatic carbocycles. The number of hydrogen-bond acceptors (Lipinski definition) is 4. The van der Waals surface area contributed by atoms with Crippen molar-refractivity contribution in [3.05, 3.63) is 0 Å². The van der Waals surface area contributed by atoms with E-state index in [1.165, 1.54) is 0 Å². The highest BCUT2D eigenvalue weighted by Crippen LogP contribution is 2.18. The Balaban J connectivity index is 1.75. The zero-order valence-electron chi connectivity index (χ0n) is 14.6. The molecule has 0 bridgehead atoms. The van der Waals surface area contributed by atoms with E-state index in [9.17, 15) is 4.79 Å². The van der Waals surface area contributed by atoms with Gasteiger partial charge in [-0.25, -0.2) is 4.79 Å². The Morgan fingerprint density at radius 2 is 1.95 bits per heavy atom.